The minimum Gasteiger partial charge on any atom is -0.496 e. The fraction of sp³-hybridized carbons (Fsp3) is 0.538. The van der Waals surface area contributed by atoms with Gasteiger partial charge in [-0.25, -0.2) is 0 Å². The van der Waals surface area contributed by atoms with Gasteiger partial charge in [-0.05, 0) is 55.5 Å². The maximum atomic E-state index is 5.60. The van der Waals surface area contributed by atoms with E-state index in [-0.39, 0.29) is 0 Å². The van der Waals surface area contributed by atoms with Crippen LogP contribution in [0, 0.1) is 20.8 Å². The zero-order valence-electron chi connectivity index (χ0n) is 10.5. The first-order valence-corrected chi connectivity index (χ1v) is 6.05. The smallest absolute Gasteiger partial charge is 0.122 e. The number of ether oxygens (including phenoxy) is 1. The molecule has 3 heteroatoms. The Morgan fingerprint density at radius 1 is 1.25 bits per heavy atom. The average Bonchev–Trinajstić information content (AvgIpc) is 2.28. The Morgan fingerprint density at radius 2 is 1.94 bits per heavy atom. The lowest BCUT2D eigenvalue weighted by atomic mass is 9.95. The topological polar surface area (TPSA) is 21.3 Å². The van der Waals surface area contributed by atoms with E-state index in [9.17, 15) is 0 Å². The number of alkyl halides is 1. The Labute approximate surface area is 103 Å². The van der Waals surface area contributed by atoms with Crippen molar-refractivity contribution in [2.75, 3.05) is 19.7 Å². The molecule has 16 heavy (non-hydrogen) atoms. The molecule has 0 saturated carbocycles. The molecule has 0 aromatic heterocycles. The molecule has 0 bridgehead atoms. The molecule has 0 atom stereocenters. The van der Waals surface area contributed by atoms with Crippen molar-refractivity contribution in [3.63, 3.8) is 0 Å². The van der Waals surface area contributed by atoms with Gasteiger partial charge in [-0.2, -0.15) is 0 Å². The van der Waals surface area contributed by atoms with Crippen molar-refractivity contribution in [3.8, 4) is 5.75 Å². The highest BCUT2D eigenvalue weighted by Crippen LogP contribution is 2.27. The van der Waals surface area contributed by atoms with Crippen molar-refractivity contribution >= 4 is 11.6 Å². The van der Waals surface area contributed by atoms with Crippen LogP contribution in [-0.2, 0) is 6.42 Å². The second kappa shape index (κ2) is 6.12. The first-order valence-electron chi connectivity index (χ1n) is 5.52. The van der Waals surface area contributed by atoms with Crippen LogP contribution in [0.1, 0.15) is 22.3 Å². The number of nitrogens with one attached hydrogen (secondary N) is 1. The van der Waals surface area contributed by atoms with Crippen LogP contribution >= 0.6 is 11.6 Å². The summed E-state index contributed by atoms with van der Waals surface area (Å²) in [6.45, 7) is 7.30. The molecule has 1 N–H and O–H groups in total. The van der Waals surface area contributed by atoms with Crippen LogP contribution in [0.5, 0.6) is 5.75 Å². The molecule has 0 radical (unpaired) electrons. The van der Waals surface area contributed by atoms with Crippen LogP contribution in [-0.4, -0.2) is 19.7 Å². The zero-order valence-corrected chi connectivity index (χ0v) is 11.2. The summed E-state index contributed by atoms with van der Waals surface area (Å²) < 4.78 is 5.35. The summed E-state index contributed by atoms with van der Waals surface area (Å²) in [4.78, 5) is 0. The number of halogens is 1. The molecule has 1 rings (SSSR count). The Balaban J connectivity index is 2.96. The quantitative estimate of drug-likeness (QED) is 0.486. The van der Waals surface area contributed by atoms with Gasteiger partial charge >= 0.3 is 0 Å². The van der Waals surface area contributed by atoms with Crippen molar-refractivity contribution in [2.24, 2.45) is 0 Å². The van der Waals surface area contributed by atoms with Crippen LogP contribution in [0.15, 0.2) is 6.07 Å². The van der Waals surface area contributed by atoms with E-state index in [4.69, 9.17) is 16.3 Å². The highest BCUT2D eigenvalue weighted by atomic mass is 35.5. The molecule has 0 spiro atoms. The second-order valence-electron chi connectivity index (χ2n) is 4.01. The molecule has 0 saturated heterocycles. The number of methoxy groups -OCH3 is 1. The molecule has 0 aliphatic carbocycles. The van der Waals surface area contributed by atoms with E-state index in [1.165, 1.54) is 22.3 Å². The molecule has 0 heterocycles. The summed E-state index contributed by atoms with van der Waals surface area (Å²) in [6, 6.07) is 2.62. The third-order valence-electron chi connectivity index (χ3n) is 3.07. The highest BCUT2D eigenvalue weighted by molar-refractivity contribution is 6.17. The van der Waals surface area contributed by atoms with Crippen molar-refractivity contribution < 1.29 is 4.74 Å². The fourth-order valence-corrected chi connectivity index (χ4v) is 2.11. The maximum absolute atomic E-state index is 5.60. The predicted molar refractivity (Wildman–Crippen MR) is 69.6 cm³/mol. The SMILES string of the molecule is COc1cc(C)c(CCNCCl)c(C)c1C. The summed E-state index contributed by atoms with van der Waals surface area (Å²) in [5, 5.41) is 3.13. The summed E-state index contributed by atoms with van der Waals surface area (Å²) in [5.41, 5.74) is 5.24. The van der Waals surface area contributed by atoms with E-state index >= 15 is 0 Å². The molecule has 0 fully saturated rings. The summed E-state index contributed by atoms with van der Waals surface area (Å²) in [5.74, 6) is 0.976. The molecule has 0 unspecified atom stereocenters. The van der Waals surface area contributed by atoms with E-state index in [1.807, 2.05) is 0 Å². The van der Waals surface area contributed by atoms with Gasteiger partial charge in [0.05, 0.1) is 13.1 Å². The highest BCUT2D eigenvalue weighted by Gasteiger charge is 2.09. The van der Waals surface area contributed by atoms with Gasteiger partial charge in [0.1, 0.15) is 5.75 Å². The van der Waals surface area contributed by atoms with E-state index in [2.05, 4.69) is 32.2 Å². The van der Waals surface area contributed by atoms with Gasteiger partial charge in [0, 0.05) is 6.54 Å². The Hall–Kier alpha value is -0.730. The Kier molecular flexibility index (Phi) is 5.10. The first kappa shape index (κ1) is 13.3. The van der Waals surface area contributed by atoms with E-state index in [0.717, 1.165) is 18.7 Å². The molecule has 1 aromatic rings. The number of benzene rings is 1. The monoisotopic (exact) mass is 241 g/mol. The maximum Gasteiger partial charge on any atom is 0.122 e. The lowest BCUT2D eigenvalue weighted by Gasteiger charge is -2.16. The van der Waals surface area contributed by atoms with Crippen LogP contribution in [0.25, 0.3) is 0 Å². The zero-order chi connectivity index (χ0) is 12.1. The number of hydrogen-bond acceptors (Lipinski definition) is 2. The van der Waals surface area contributed by atoms with Crippen molar-refractivity contribution in [1.82, 2.24) is 5.32 Å². The predicted octanol–water partition coefficient (Wildman–Crippen LogP) is 2.95. The van der Waals surface area contributed by atoms with Gasteiger partial charge in [0.15, 0.2) is 0 Å². The lowest BCUT2D eigenvalue weighted by Crippen LogP contribution is -2.16. The lowest BCUT2D eigenvalue weighted by molar-refractivity contribution is 0.410. The second-order valence-corrected chi connectivity index (χ2v) is 4.28. The van der Waals surface area contributed by atoms with Crippen LogP contribution < -0.4 is 10.1 Å². The summed E-state index contributed by atoms with van der Waals surface area (Å²) in [6.07, 6.45) is 1.01. The minimum absolute atomic E-state index is 0.507. The molecule has 1 aromatic carbocycles. The molecule has 0 aliphatic heterocycles. The molecule has 2 nitrogen and oxygen atoms in total. The van der Waals surface area contributed by atoms with Crippen LogP contribution in [0.2, 0.25) is 0 Å². The van der Waals surface area contributed by atoms with Gasteiger partial charge in [-0.3, -0.25) is 0 Å². The third-order valence-corrected chi connectivity index (χ3v) is 3.26. The molecule has 0 aliphatic rings. The molecular formula is C13H20ClNO. The first-order chi connectivity index (χ1) is 7.61. The van der Waals surface area contributed by atoms with Crippen molar-refractivity contribution in [3.05, 3.63) is 28.3 Å². The molecule has 0 amide bonds. The Bertz CT molecular complexity index is 363. The average molecular weight is 242 g/mol. The van der Waals surface area contributed by atoms with Crippen LogP contribution in [0.3, 0.4) is 0 Å². The van der Waals surface area contributed by atoms with Gasteiger partial charge in [-0.15, -0.1) is 11.6 Å². The number of hydrogen-bond donors (Lipinski definition) is 1. The summed E-state index contributed by atoms with van der Waals surface area (Å²) in [7, 11) is 1.72. The number of aryl methyl sites for hydroxylation is 1. The van der Waals surface area contributed by atoms with Gasteiger partial charge in [-0.1, -0.05) is 0 Å². The largest absolute Gasteiger partial charge is 0.496 e. The molecular weight excluding hydrogens is 222 g/mol. The molecule has 90 valence electrons. The number of rotatable bonds is 5. The third kappa shape index (κ3) is 2.89. The van der Waals surface area contributed by atoms with E-state index in [1.54, 1.807) is 7.11 Å². The Morgan fingerprint density at radius 3 is 2.50 bits per heavy atom. The minimum atomic E-state index is 0.507. The van der Waals surface area contributed by atoms with E-state index in [0.29, 0.717) is 6.00 Å². The van der Waals surface area contributed by atoms with Gasteiger partial charge in [0.2, 0.25) is 0 Å². The van der Waals surface area contributed by atoms with E-state index < -0.39 is 0 Å². The fourth-order valence-electron chi connectivity index (χ4n) is 1.98. The standard InChI is InChI=1S/C13H20ClNO/c1-9-7-13(16-4)11(3)10(2)12(9)5-6-15-8-14/h7,15H,5-6,8H2,1-4H3. The van der Waals surface area contributed by atoms with Gasteiger partial charge in [0.25, 0.3) is 0 Å². The van der Waals surface area contributed by atoms with Gasteiger partial charge < -0.3 is 10.1 Å². The van der Waals surface area contributed by atoms with Crippen molar-refractivity contribution in [2.45, 2.75) is 27.2 Å². The normalized spacial score (nSPS) is 10.6. The van der Waals surface area contributed by atoms with Crippen LogP contribution in [0.4, 0.5) is 0 Å². The van der Waals surface area contributed by atoms with Crippen molar-refractivity contribution in [1.29, 1.82) is 0 Å². The summed E-state index contributed by atoms with van der Waals surface area (Å²) >= 11 is 5.60.